The van der Waals surface area contributed by atoms with Crippen LogP contribution in [-0.4, -0.2) is 45.5 Å². The van der Waals surface area contributed by atoms with Gasteiger partial charge in [-0.3, -0.25) is 4.79 Å². The van der Waals surface area contributed by atoms with Crippen molar-refractivity contribution in [3.63, 3.8) is 0 Å². The molecule has 1 aliphatic heterocycles. The van der Waals surface area contributed by atoms with Gasteiger partial charge in [0, 0.05) is 44.0 Å². The summed E-state index contributed by atoms with van der Waals surface area (Å²) in [6.07, 6.45) is 6.60. The van der Waals surface area contributed by atoms with Gasteiger partial charge in [0.15, 0.2) is 0 Å². The average molecular weight is 279 g/mol. The molecule has 1 aromatic heterocycles. The van der Waals surface area contributed by atoms with Crippen molar-refractivity contribution in [3.05, 3.63) is 18.7 Å². The number of hydrogen-bond donors (Lipinski definition) is 2. The molecule has 110 valence electrons. The third-order valence-electron chi connectivity index (χ3n) is 3.60. The minimum atomic E-state index is -0.265. The van der Waals surface area contributed by atoms with Gasteiger partial charge in [-0.25, -0.2) is 9.78 Å². The molecule has 1 atom stereocenters. The fourth-order valence-corrected chi connectivity index (χ4v) is 2.43. The van der Waals surface area contributed by atoms with Gasteiger partial charge in [0.05, 0.1) is 6.33 Å². The van der Waals surface area contributed by atoms with E-state index < -0.39 is 0 Å². The van der Waals surface area contributed by atoms with Gasteiger partial charge in [-0.2, -0.15) is 0 Å². The van der Waals surface area contributed by atoms with Crippen LogP contribution >= 0.6 is 0 Å². The van der Waals surface area contributed by atoms with Crippen LogP contribution in [0.5, 0.6) is 0 Å². The molecule has 0 aromatic carbocycles. The number of aromatic nitrogens is 2. The molecular weight excluding hydrogens is 258 g/mol. The number of carbonyl (C=O) groups excluding carboxylic acids is 2. The highest BCUT2D eigenvalue weighted by molar-refractivity contribution is 5.78. The van der Waals surface area contributed by atoms with E-state index in [2.05, 4.69) is 10.3 Å². The normalized spacial score (nSPS) is 17.8. The second-order valence-electron chi connectivity index (χ2n) is 5.27. The van der Waals surface area contributed by atoms with E-state index >= 15 is 0 Å². The number of likely N-dealkylation sites (tertiary alicyclic amines) is 1. The Morgan fingerprint density at radius 2 is 2.15 bits per heavy atom. The minimum absolute atomic E-state index is 0.0190. The van der Waals surface area contributed by atoms with Gasteiger partial charge in [-0.05, 0) is 19.8 Å². The van der Waals surface area contributed by atoms with Crippen LogP contribution in [0.1, 0.15) is 19.8 Å². The van der Waals surface area contributed by atoms with Crippen molar-refractivity contribution in [2.24, 2.45) is 11.7 Å². The molecule has 0 radical (unpaired) electrons. The summed E-state index contributed by atoms with van der Waals surface area (Å²) in [5.41, 5.74) is 5.28. The summed E-state index contributed by atoms with van der Waals surface area (Å²) in [5.74, 6) is -0.360. The number of hydrogen-bond acceptors (Lipinski definition) is 3. The maximum absolute atomic E-state index is 12.1. The molecule has 0 unspecified atom stereocenters. The summed E-state index contributed by atoms with van der Waals surface area (Å²) in [6, 6.07) is -0.0638. The van der Waals surface area contributed by atoms with Gasteiger partial charge < -0.3 is 20.5 Å². The molecule has 7 heteroatoms. The van der Waals surface area contributed by atoms with E-state index in [1.807, 2.05) is 17.7 Å². The molecule has 7 nitrogen and oxygen atoms in total. The van der Waals surface area contributed by atoms with E-state index in [-0.39, 0.29) is 23.9 Å². The monoisotopic (exact) mass is 279 g/mol. The Morgan fingerprint density at radius 1 is 1.45 bits per heavy atom. The number of rotatable bonds is 4. The number of urea groups is 1. The van der Waals surface area contributed by atoms with E-state index in [0.29, 0.717) is 32.5 Å². The summed E-state index contributed by atoms with van der Waals surface area (Å²) in [6.45, 7) is 3.80. The number of nitrogens with one attached hydrogen (secondary N) is 1. The van der Waals surface area contributed by atoms with Crippen LogP contribution in [0.25, 0.3) is 0 Å². The van der Waals surface area contributed by atoms with Crippen LogP contribution in [-0.2, 0) is 11.3 Å². The van der Waals surface area contributed by atoms with Crippen LogP contribution in [0.3, 0.4) is 0 Å². The zero-order valence-electron chi connectivity index (χ0n) is 11.7. The maximum atomic E-state index is 12.1. The summed E-state index contributed by atoms with van der Waals surface area (Å²) in [5, 5.41) is 2.95. The summed E-state index contributed by atoms with van der Waals surface area (Å²) < 4.78 is 1.92. The molecule has 2 heterocycles. The highest BCUT2D eigenvalue weighted by Crippen LogP contribution is 2.16. The van der Waals surface area contributed by atoms with E-state index in [0.717, 1.165) is 0 Å². The van der Waals surface area contributed by atoms with Crippen LogP contribution in [0.4, 0.5) is 4.79 Å². The first-order valence-electron chi connectivity index (χ1n) is 6.86. The predicted molar refractivity (Wildman–Crippen MR) is 73.7 cm³/mol. The van der Waals surface area contributed by atoms with Crippen molar-refractivity contribution >= 4 is 11.9 Å². The smallest absolute Gasteiger partial charge is 0.317 e. The molecule has 1 fully saturated rings. The predicted octanol–water partition coefficient (Wildman–Crippen LogP) is 0.179. The molecule has 2 rings (SSSR count). The van der Waals surface area contributed by atoms with Gasteiger partial charge >= 0.3 is 6.03 Å². The van der Waals surface area contributed by atoms with Gasteiger partial charge in [0.1, 0.15) is 0 Å². The van der Waals surface area contributed by atoms with E-state index in [1.54, 1.807) is 17.4 Å². The number of carbonyl (C=O) groups is 2. The van der Waals surface area contributed by atoms with Crippen molar-refractivity contribution in [3.8, 4) is 0 Å². The van der Waals surface area contributed by atoms with Crippen molar-refractivity contribution < 1.29 is 9.59 Å². The topological polar surface area (TPSA) is 93.2 Å². The number of nitrogens with zero attached hydrogens (tertiary/aromatic N) is 3. The van der Waals surface area contributed by atoms with Crippen LogP contribution in [0, 0.1) is 5.92 Å². The second-order valence-corrected chi connectivity index (χ2v) is 5.27. The molecule has 1 saturated heterocycles. The third kappa shape index (κ3) is 3.72. The highest BCUT2D eigenvalue weighted by atomic mass is 16.2. The fourth-order valence-electron chi connectivity index (χ4n) is 2.43. The van der Waals surface area contributed by atoms with E-state index in [4.69, 9.17) is 5.73 Å². The lowest BCUT2D eigenvalue weighted by Gasteiger charge is -2.31. The lowest BCUT2D eigenvalue weighted by molar-refractivity contribution is -0.123. The van der Waals surface area contributed by atoms with Crippen LogP contribution in [0.15, 0.2) is 18.7 Å². The Bertz CT molecular complexity index is 451. The third-order valence-corrected chi connectivity index (χ3v) is 3.60. The number of imidazole rings is 1. The zero-order valence-corrected chi connectivity index (χ0v) is 11.7. The zero-order chi connectivity index (χ0) is 14.5. The molecule has 3 N–H and O–H groups in total. The van der Waals surface area contributed by atoms with E-state index in [1.165, 1.54) is 0 Å². The fraction of sp³-hybridized carbons (Fsp3) is 0.615. The van der Waals surface area contributed by atoms with E-state index in [9.17, 15) is 9.59 Å². The molecular formula is C13H21N5O2. The first-order chi connectivity index (χ1) is 9.56. The van der Waals surface area contributed by atoms with Crippen molar-refractivity contribution in [2.75, 3.05) is 13.1 Å². The Hall–Kier alpha value is -2.05. The van der Waals surface area contributed by atoms with Gasteiger partial charge in [-0.1, -0.05) is 0 Å². The number of nitrogens with two attached hydrogens (primary N) is 1. The first-order valence-corrected chi connectivity index (χ1v) is 6.86. The van der Waals surface area contributed by atoms with Gasteiger partial charge in [-0.15, -0.1) is 0 Å². The van der Waals surface area contributed by atoms with Crippen molar-refractivity contribution in [1.82, 2.24) is 19.8 Å². The van der Waals surface area contributed by atoms with Crippen LogP contribution in [0.2, 0.25) is 0 Å². The SMILES string of the molecule is C[C@@H](Cn1ccnc1)NC(=O)N1CCC(C(N)=O)CC1. The number of amides is 3. The Labute approximate surface area is 118 Å². The van der Waals surface area contributed by atoms with Crippen LogP contribution < -0.4 is 11.1 Å². The Kier molecular flexibility index (Phi) is 4.60. The molecule has 0 aliphatic carbocycles. The Morgan fingerprint density at radius 3 is 2.70 bits per heavy atom. The second kappa shape index (κ2) is 6.40. The van der Waals surface area contributed by atoms with Crippen molar-refractivity contribution in [1.29, 1.82) is 0 Å². The summed E-state index contributed by atoms with van der Waals surface area (Å²) >= 11 is 0. The summed E-state index contributed by atoms with van der Waals surface area (Å²) in [7, 11) is 0. The molecule has 0 bridgehead atoms. The minimum Gasteiger partial charge on any atom is -0.369 e. The molecule has 3 amide bonds. The molecule has 1 aromatic rings. The molecule has 0 spiro atoms. The Balaban J connectivity index is 1.76. The van der Waals surface area contributed by atoms with Crippen molar-refractivity contribution in [2.45, 2.75) is 32.4 Å². The highest BCUT2D eigenvalue weighted by Gasteiger charge is 2.26. The lowest BCUT2D eigenvalue weighted by atomic mass is 9.96. The molecule has 1 aliphatic rings. The van der Waals surface area contributed by atoms with Gasteiger partial charge in [0.2, 0.25) is 5.91 Å². The lowest BCUT2D eigenvalue weighted by Crippen LogP contribution is -2.49. The average Bonchev–Trinajstić information content (AvgIpc) is 2.91. The molecule has 0 saturated carbocycles. The first kappa shape index (κ1) is 14.4. The standard InChI is InChI=1S/C13H21N5O2/c1-10(8-17-7-4-15-9-17)16-13(20)18-5-2-11(3-6-18)12(14)19/h4,7,9-11H,2-3,5-6,8H2,1H3,(H2,14,19)(H,16,20)/t10-/m0/s1. The summed E-state index contributed by atoms with van der Waals surface area (Å²) in [4.78, 5) is 28.9. The molecule has 20 heavy (non-hydrogen) atoms. The largest absolute Gasteiger partial charge is 0.369 e. The maximum Gasteiger partial charge on any atom is 0.317 e. The number of primary amides is 1. The van der Waals surface area contributed by atoms with Gasteiger partial charge in [0.25, 0.3) is 0 Å². The number of piperidine rings is 1. The quantitative estimate of drug-likeness (QED) is 0.823.